The van der Waals surface area contributed by atoms with Crippen LogP contribution in [-0.4, -0.2) is 23.3 Å². The Morgan fingerprint density at radius 3 is 2.19 bits per heavy atom. The first-order valence-corrected chi connectivity index (χ1v) is 5.92. The van der Waals surface area contributed by atoms with Gasteiger partial charge in [0.2, 0.25) is 0 Å². The Morgan fingerprint density at radius 2 is 1.88 bits per heavy atom. The molecule has 1 atom stereocenters. The molecular weight excluding hydrogens is 234 g/mol. The maximum Gasteiger partial charge on any atom is 0.320 e. The number of alkyl halides is 2. The van der Waals surface area contributed by atoms with Gasteiger partial charge in [0.25, 0.3) is 5.92 Å². The summed E-state index contributed by atoms with van der Waals surface area (Å²) in [6, 6.07) is 6.28. The zero-order valence-electron chi connectivity index (χ0n) is 8.54. The molecule has 1 aliphatic carbocycles. The summed E-state index contributed by atoms with van der Waals surface area (Å²) < 4.78 is 26.4. The number of hydrogen-bond donors (Lipinski definition) is 1. The summed E-state index contributed by atoms with van der Waals surface area (Å²) in [4.78, 5) is 11.9. The first-order valence-electron chi connectivity index (χ1n) is 4.70. The van der Waals surface area contributed by atoms with Gasteiger partial charge in [-0.25, -0.2) is 8.78 Å². The van der Waals surface area contributed by atoms with Gasteiger partial charge in [0.1, 0.15) is 0 Å². The van der Waals surface area contributed by atoms with Crippen LogP contribution >= 0.6 is 11.8 Å². The van der Waals surface area contributed by atoms with Crippen LogP contribution in [0, 0.1) is 0 Å². The van der Waals surface area contributed by atoms with Crippen molar-refractivity contribution in [3.8, 4) is 0 Å². The van der Waals surface area contributed by atoms with Gasteiger partial charge in [-0.1, -0.05) is 12.1 Å². The SMILES string of the molecule is CSc1ccc(C2(C(=O)O)CC2(F)F)cc1. The summed E-state index contributed by atoms with van der Waals surface area (Å²) in [5.41, 5.74) is -1.81. The van der Waals surface area contributed by atoms with E-state index in [-0.39, 0.29) is 5.56 Å². The van der Waals surface area contributed by atoms with Gasteiger partial charge in [0, 0.05) is 11.3 Å². The highest BCUT2D eigenvalue weighted by molar-refractivity contribution is 7.98. The average molecular weight is 244 g/mol. The molecule has 5 heteroatoms. The van der Waals surface area contributed by atoms with Crippen molar-refractivity contribution in [1.82, 2.24) is 0 Å². The van der Waals surface area contributed by atoms with Crippen LogP contribution in [0.3, 0.4) is 0 Å². The molecule has 86 valence electrons. The van der Waals surface area contributed by atoms with E-state index in [2.05, 4.69) is 0 Å². The molecule has 16 heavy (non-hydrogen) atoms. The molecule has 0 amide bonds. The summed E-state index contributed by atoms with van der Waals surface area (Å²) in [5.74, 6) is -4.57. The van der Waals surface area contributed by atoms with E-state index in [4.69, 9.17) is 5.11 Å². The van der Waals surface area contributed by atoms with E-state index in [0.29, 0.717) is 0 Å². The molecule has 1 N–H and O–H groups in total. The molecule has 0 spiro atoms. The van der Waals surface area contributed by atoms with Crippen molar-refractivity contribution in [3.63, 3.8) is 0 Å². The number of halogens is 2. The highest BCUT2D eigenvalue weighted by Gasteiger charge is 2.77. The van der Waals surface area contributed by atoms with Gasteiger partial charge in [0.15, 0.2) is 5.41 Å². The van der Waals surface area contributed by atoms with E-state index < -0.39 is 23.7 Å². The Bertz CT molecular complexity index is 430. The van der Waals surface area contributed by atoms with Gasteiger partial charge < -0.3 is 5.11 Å². The fourth-order valence-corrected chi connectivity index (χ4v) is 2.24. The first-order chi connectivity index (χ1) is 7.44. The minimum absolute atomic E-state index is 0.183. The highest BCUT2D eigenvalue weighted by atomic mass is 32.2. The molecule has 1 aromatic carbocycles. The molecule has 1 unspecified atom stereocenters. The number of carbonyl (C=O) groups is 1. The quantitative estimate of drug-likeness (QED) is 0.831. The predicted octanol–water partition coefficient (Wildman–Crippen LogP) is 2.77. The monoisotopic (exact) mass is 244 g/mol. The molecule has 0 radical (unpaired) electrons. The van der Waals surface area contributed by atoms with Crippen molar-refractivity contribution in [2.24, 2.45) is 0 Å². The van der Waals surface area contributed by atoms with E-state index in [9.17, 15) is 13.6 Å². The molecule has 0 heterocycles. The predicted molar refractivity (Wildman–Crippen MR) is 57.1 cm³/mol. The lowest BCUT2D eigenvalue weighted by Crippen LogP contribution is -2.26. The normalized spacial score (nSPS) is 26.4. The van der Waals surface area contributed by atoms with Crippen molar-refractivity contribution in [2.45, 2.75) is 22.7 Å². The van der Waals surface area contributed by atoms with Gasteiger partial charge in [0.05, 0.1) is 0 Å². The molecule has 1 saturated carbocycles. The average Bonchev–Trinajstić information content (AvgIpc) is 2.84. The van der Waals surface area contributed by atoms with Crippen LogP contribution in [0.15, 0.2) is 29.2 Å². The molecular formula is C11H10F2O2S. The molecule has 1 aliphatic rings. The Hall–Kier alpha value is -1.10. The molecule has 0 bridgehead atoms. The summed E-state index contributed by atoms with van der Waals surface area (Å²) in [6.45, 7) is 0. The smallest absolute Gasteiger partial charge is 0.320 e. The van der Waals surface area contributed by atoms with Crippen molar-refractivity contribution < 1.29 is 18.7 Å². The molecule has 0 aromatic heterocycles. The Morgan fingerprint density at radius 1 is 1.38 bits per heavy atom. The number of aliphatic carboxylic acids is 1. The van der Waals surface area contributed by atoms with Gasteiger partial charge in [-0.15, -0.1) is 11.8 Å². The largest absolute Gasteiger partial charge is 0.480 e. The highest BCUT2D eigenvalue weighted by Crippen LogP contribution is 2.61. The van der Waals surface area contributed by atoms with Gasteiger partial charge >= 0.3 is 5.97 Å². The second-order valence-electron chi connectivity index (χ2n) is 3.82. The van der Waals surface area contributed by atoms with Crippen molar-refractivity contribution >= 4 is 17.7 Å². The maximum absolute atomic E-state index is 13.2. The molecule has 2 nitrogen and oxygen atoms in total. The first kappa shape index (κ1) is 11.4. The third-order valence-electron chi connectivity index (χ3n) is 2.93. The van der Waals surface area contributed by atoms with E-state index in [1.54, 1.807) is 12.1 Å². The van der Waals surface area contributed by atoms with Crippen LogP contribution in [0.4, 0.5) is 8.78 Å². The Kier molecular flexibility index (Phi) is 2.45. The number of carboxylic acid groups (broad SMARTS) is 1. The Labute approximate surface area is 95.7 Å². The fraction of sp³-hybridized carbons (Fsp3) is 0.364. The van der Waals surface area contributed by atoms with E-state index in [1.165, 1.54) is 23.9 Å². The Balaban J connectivity index is 2.39. The molecule has 1 fully saturated rings. The van der Waals surface area contributed by atoms with Gasteiger partial charge in [-0.05, 0) is 24.0 Å². The number of rotatable bonds is 3. The molecule has 0 aliphatic heterocycles. The summed E-state index contributed by atoms with van der Waals surface area (Å²) in [6.07, 6.45) is 1.27. The van der Waals surface area contributed by atoms with Crippen LogP contribution in [0.5, 0.6) is 0 Å². The zero-order chi connectivity index (χ0) is 12.0. The topological polar surface area (TPSA) is 37.3 Å². The van der Waals surface area contributed by atoms with Crippen LogP contribution in [0.25, 0.3) is 0 Å². The summed E-state index contributed by atoms with van der Waals surface area (Å²) in [5, 5.41) is 8.93. The summed E-state index contributed by atoms with van der Waals surface area (Å²) >= 11 is 1.48. The van der Waals surface area contributed by atoms with Gasteiger partial charge in [-0.2, -0.15) is 0 Å². The number of carboxylic acids is 1. The lowest BCUT2D eigenvalue weighted by molar-refractivity contribution is -0.142. The van der Waals surface area contributed by atoms with E-state index in [0.717, 1.165) is 4.90 Å². The van der Waals surface area contributed by atoms with Crippen molar-refractivity contribution in [3.05, 3.63) is 29.8 Å². The summed E-state index contributed by atoms with van der Waals surface area (Å²) in [7, 11) is 0. The van der Waals surface area contributed by atoms with Crippen LogP contribution < -0.4 is 0 Å². The second kappa shape index (κ2) is 3.45. The van der Waals surface area contributed by atoms with Crippen molar-refractivity contribution in [1.29, 1.82) is 0 Å². The number of thioether (sulfide) groups is 1. The molecule has 2 rings (SSSR count). The minimum Gasteiger partial charge on any atom is -0.480 e. The van der Waals surface area contributed by atoms with Gasteiger partial charge in [-0.3, -0.25) is 4.79 Å². The standard InChI is InChI=1S/C11H10F2O2S/c1-16-8-4-2-7(3-5-8)10(9(14)15)6-11(10,12)13/h2-5H,6H2,1H3,(H,14,15). The lowest BCUT2D eigenvalue weighted by Gasteiger charge is -2.11. The number of benzene rings is 1. The zero-order valence-corrected chi connectivity index (χ0v) is 9.35. The number of hydrogen-bond acceptors (Lipinski definition) is 2. The van der Waals surface area contributed by atoms with Crippen LogP contribution in [-0.2, 0) is 10.2 Å². The van der Waals surface area contributed by atoms with E-state index >= 15 is 0 Å². The third-order valence-corrected chi connectivity index (χ3v) is 3.68. The molecule has 0 saturated heterocycles. The second-order valence-corrected chi connectivity index (χ2v) is 4.70. The fourth-order valence-electron chi connectivity index (χ4n) is 1.83. The third kappa shape index (κ3) is 1.42. The van der Waals surface area contributed by atoms with Crippen molar-refractivity contribution in [2.75, 3.05) is 6.26 Å². The maximum atomic E-state index is 13.2. The minimum atomic E-state index is -3.13. The van der Waals surface area contributed by atoms with E-state index in [1.807, 2.05) is 6.26 Å². The van der Waals surface area contributed by atoms with Crippen LogP contribution in [0.2, 0.25) is 0 Å². The molecule has 1 aromatic rings. The lowest BCUT2D eigenvalue weighted by atomic mass is 9.95. The van der Waals surface area contributed by atoms with Crippen LogP contribution in [0.1, 0.15) is 12.0 Å².